The fourth-order valence-corrected chi connectivity index (χ4v) is 2.19. The van der Waals surface area contributed by atoms with E-state index in [2.05, 4.69) is 0 Å². The van der Waals surface area contributed by atoms with Crippen molar-refractivity contribution < 1.29 is 19.4 Å². The number of carbonyl (C=O) groups is 2. The van der Waals surface area contributed by atoms with Crippen LogP contribution in [-0.4, -0.2) is 48.2 Å². The maximum absolute atomic E-state index is 11.9. The van der Waals surface area contributed by atoms with Crippen molar-refractivity contribution in [2.75, 3.05) is 20.3 Å². The Labute approximate surface area is 102 Å². The van der Waals surface area contributed by atoms with Gasteiger partial charge in [0.2, 0.25) is 5.91 Å². The summed E-state index contributed by atoms with van der Waals surface area (Å²) in [5.74, 6) is -0.586. The Hall–Kier alpha value is -1.10. The van der Waals surface area contributed by atoms with Crippen LogP contribution in [0.15, 0.2) is 0 Å². The largest absolute Gasteiger partial charge is 0.480 e. The lowest BCUT2D eigenvalue weighted by Crippen LogP contribution is -2.49. The molecule has 1 aliphatic heterocycles. The molecule has 0 aromatic heterocycles. The van der Waals surface area contributed by atoms with Crippen molar-refractivity contribution >= 4 is 11.9 Å². The number of methoxy groups -OCH3 is 1. The third-order valence-electron chi connectivity index (χ3n) is 3.21. The number of hydrogen-bond donors (Lipinski definition) is 1. The zero-order valence-corrected chi connectivity index (χ0v) is 10.5. The van der Waals surface area contributed by atoms with Crippen LogP contribution in [0.25, 0.3) is 0 Å². The van der Waals surface area contributed by atoms with Gasteiger partial charge < -0.3 is 14.7 Å². The van der Waals surface area contributed by atoms with E-state index < -0.39 is 12.0 Å². The molecule has 0 bridgehead atoms. The summed E-state index contributed by atoms with van der Waals surface area (Å²) >= 11 is 0. The van der Waals surface area contributed by atoms with Crippen molar-refractivity contribution in [1.82, 2.24) is 4.90 Å². The topological polar surface area (TPSA) is 66.8 Å². The normalized spacial score (nSPS) is 24.7. The van der Waals surface area contributed by atoms with Crippen LogP contribution in [0.5, 0.6) is 0 Å². The van der Waals surface area contributed by atoms with Crippen LogP contribution in [0.4, 0.5) is 0 Å². The third-order valence-corrected chi connectivity index (χ3v) is 3.21. The molecule has 1 fully saturated rings. The Balaban J connectivity index is 2.54. The fraction of sp³-hybridized carbons (Fsp3) is 0.833. The van der Waals surface area contributed by atoms with E-state index in [-0.39, 0.29) is 5.91 Å². The van der Waals surface area contributed by atoms with E-state index >= 15 is 0 Å². The summed E-state index contributed by atoms with van der Waals surface area (Å²) in [7, 11) is 1.59. The molecule has 2 unspecified atom stereocenters. The SMILES string of the molecule is COCCCC(=O)N1CCC(C)CC1C(=O)O. The Kier molecular flexibility index (Phi) is 5.41. The van der Waals surface area contributed by atoms with Crippen LogP contribution in [-0.2, 0) is 14.3 Å². The van der Waals surface area contributed by atoms with Crippen LogP contribution in [0.3, 0.4) is 0 Å². The molecule has 17 heavy (non-hydrogen) atoms. The van der Waals surface area contributed by atoms with Gasteiger partial charge in [0.15, 0.2) is 0 Å². The monoisotopic (exact) mass is 243 g/mol. The Morgan fingerprint density at radius 1 is 1.47 bits per heavy atom. The molecule has 0 saturated carbocycles. The van der Waals surface area contributed by atoms with Gasteiger partial charge in [-0.3, -0.25) is 4.79 Å². The molecule has 5 nitrogen and oxygen atoms in total. The molecule has 1 saturated heterocycles. The molecule has 0 spiro atoms. The molecule has 1 aliphatic rings. The van der Waals surface area contributed by atoms with Gasteiger partial charge in [-0.15, -0.1) is 0 Å². The maximum Gasteiger partial charge on any atom is 0.326 e. The van der Waals surface area contributed by atoms with E-state index in [1.165, 1.54) is 4.90 Å². The Morgan fingerprint density at radius 3 is 2.76 bits per heavy atom. The highest BCUT2D eigenvalue weighted by atomic mass is 16.5. The molecule has 0 aromatic rings. The van der Waals surface area contributed by atoms with E-state index in [0.29, 0.717) is 38.3 Å². The van der Waals surface area contributed by atoms with Gasteiger partial charge in [-0.25, -0.2) is 4.79 Å². The standard InChI is InChI=1S/C12H21NO4/c1-9-5-6-13(10(8-9)12(15)16)11(14)4-3-7-17-2/h9-10H,3-8H2,1-2H3,(H,15,16). The number of ether oxygens (including phenoxy) is 1. The van der Waals surface area contributed by atoms with Crippen molar-refractivity contribution in [3.05, 3.63) is 0 Å². The lowest BCUT2D eigenvalue weighted by Gasteiger charge is -2.36. The minimum absolute atomic E-state index is 0.0682. The van der Waals surface area contributed by atoms with Gasteiger partial charge in [0.05, 0.1) is 0 Å². The first kappa shape index (κ1) is 14.0. The molecule has 1 heterocycles. The number of piperidine rings is 1. The predicted molar refractivity (Wildman–Crippen MR) is 62.6 cm³/mol. The van der Waals surface area contributed by atoms with Gasteiger partial charge >= 0.3 is 5.97 Å². The van der Waals surface area contributed by atoms with Crippen molar-refractivity contribution in [3.63, 3.8) is 0 Å². The molecule has 0 aliphatic carbocycles. The quantitative estimate of drug-likeness (QED) is 0.735. The number of hydrogen-bond acceptors (Lipinski definition) is 3. The second kappa shape index (κ2) is 6.59. The summed E-state index contributed by atoms with van der Waals surface area (Å²) in [6.07, 6.45) is 2.46. The highest BCUT2D eigenvalue weighted by Crippen LogP contribution is 2.23. The first-order chi connectivity index (χ1) is 8.06. The van der Waals surface area contributed by atoms with Crippen molar-refractivity contribution in [2.24, 2.45) is 5.92 Å². The zero-order chi connectivity index (χ0) is 12.8. The van der Waals surface area contributed by atoms with Gasteiger partial charge in [0.25, 0.3) is 0 Å². The summed E-state index contributed by atoms with van der Waals surface area (Å²) < 4.78 is 4.88. The highest BCUT2D eigenvalue weighted by Gasteiger charge is 2.34. The van der Waals surface area contributed by atoms with E-state index in [4.69, 9.17) is 9.84 Å². The minimum Gasteiger partial charge on any atom is -0.480 e. The average molecular weight is 243 g/mol. The highest BCUT2D eigenvalue weighted by molar-refractivity contribution is 5.83. The second-order valence-corrected chi connectivity index (χ2v) is 4.67. The smallest absolute Gasteiger partial charge is 0.326 e. The number of nitrogens with zero attached hydrogens (tertiary/aromatic N) is 1. The zero-order valence-electron chi connectivity index (χ0n) is 10.5. The molecule has 1 amide bonds. The van der Waals surface area contributed by atoms with Gasteiger partial charge in [0, 0.05) is 26.7 Å². The third kappa shape index (κ3) is 4.00. The van der Waals surface area contributed by atoms with Crippen LogP contribution in [0, 0.1) is 5.92 Å². The van der Waals surface area contributed by atoms with Crippen LogP contribution < -0.4 is 0 Å². The molecule has 5 heteroatoms. The average Bonchev–Trinajstić information content (AvgIpc) is 2.29. The lowest BCUT2D eigenvalue weighted by molar-refractivity contribution is -0.153. The Bertz CT molecular complexity index is 280. The molecule has 1 rings (SSSR count). The van der Waals surface area contributed by atoms with Gasteiger partial charge in [-0.2, -0.15) is 0 Å². The van der Waals surface area contributed by atoms with E-state index in [0.717, 1.165) is 6.42 Å². The molecule has 1 N–H and O–H groups in total. The summed E-state index contributed by atoms with van der Waals surface area (Å²) in [6.45, 7) is 3.13. The first-order valence-electron chi connectivity index (χ1n) is 6.07. The molecule has 0 aromatic carbocycles. The minimum atomic E-state index is -0.892. The Morgan fingerprint density at radius 2 is 2.18 bits per heavy atom. The summed E-state index contributed by atoms with van der Waals surface area (Å²) in [6, 6.07) is -0.645. The molecular weight excluding hydrogens is 222 g/mol. The van der Waals surface area contributed by atoms with Crippen LogP contribution in [0.1, 0.15) is 32.6 Å². The predicted octanol–water partition coefficient (Wildman–Crippen LogP) is 1.12. The first-order valence-corrected chi connectivity index (χ1v) is 6.07. The van der Waals surface area contributed by atoms with Crippen molar-refractivity contribution in [1.29, 1.82) is 0 Å². The van der Waals surface area contributed by atoms with Crippen LogP contribution in [0.2, 0.25) is 0 Å². The molecule has 0 radical (unpaired) electrons. The maximum atomic E-state index is 11.9. The summed E-state index contributed by atoms with van der Waals surface area (Å²) in [5, 5.41) is 9.13. The lowest BCUT2D eigenvalue weighted by atomic mass is 9.92. The number of amides is 1. The van der Waals surface area contributed by atoms with Gasteiger partial charge in [-0.05, 0) is 25.2 Å². The molecular formula is C12H21NO4. The number of rotatable bonds is 5. The van der Waals surface area contributed by atoms with Gasteiger partial charge in [-0.1, -0.05) is 6.92 Å². The van der Waals surface area contributed by atoms with E-state index in [1.54, 1.807) is 7.11 Å². The van der Waals surface area contributed by atoms with Crippen molar-refractivity contribution in [2.45, 2.75) is 38.6 Å². The van der Waals surface area contributed by atoms with Gasteiger partial charge in [0.1, 0.15) is 6.04 Å². The number of carbonyl (C=O) groups excluding carboxylic acids is 1. The number of carboxylic acids is 1. The van der Waals surface area contributed by atoms with Crippen LogP contribution >= 0.6 is 0 Å². The molecule has 2 atom stereocenters. The number of carboxylic acid groups (broad SMARTS) is 1. The summed E-state index contributed by atoms with van der Waals surface area (Å²) in [4.78, 5) is 24.5. The van der Waals surface area contributed by atoms with E-state index in [1.807, 2.05) is 6.92 Å². The van der Waals surface area contributed by atoms with Crippen molar-refractivity contribution in [3.8, 4) is 0 Å². The number of aliphatic carboxylic acids is 1. The molecule has 98 valence electrons. The second-order valence-electron chi connectivity index (χ2n) is 4.67. The van der Waals surface area contributed by atoms with E-state index in [9.17, 15) is 9.59 Å². The number of likely N-dealkylation sites (tertiary alicyclic amines) is 1. The fourth-order valence-electron chi connectivity index (χ4n) is 2.19. The summed E-state index contributed by atoms with van der Waals surface area (Å²) in [5.41, 5.74) is 0.